The highest BCUT2D eigenvalue weighted by atomic mass is 32.2. The third-order valence-corrected chi connectivity index (χ3v) is 11.1. The Balaban J connectivity index is 1.72. The first-order valence-electron chi connectivity index (χ1n) is 14.8. The highest BCUT2D eigenvalue weighted by Gasteiger charge is 2.59. The number of hydrogen-bond donors (Lipinski definition) is 6. The van der Waals surface area contributed by atoms with Gasteiger partial charge in [-0.3, -0.25) is 24.5 Å². The molecule has 2 aromatic rings. The van der Waals surface area contributed by atoms with E-state index in [-0.39, 0.29) is 12.8 Å². The van der Waals surface area contributed by atoms with Gasteiger partial charge >= 0.3 is 17.9 Å². The van der Waals surface area contributed by atoms with Gasteiger partial charge in [0.05, 0.1) is 18.2 Å². The monoisotopic (exact) mass is 686 g/mol. The van der Waals surface area contributed by atoms with Crippen molar-refractivity contribution >= 4 is 59.2 Å². The normalized spacial score (nSPS) is 24.1. The van der Waals surface area contributed by atoms with Crippen LogP contribution in [0.1, 0.15) is 38.8 Å². The Labute approximate surface area is 280 Å². The van der Waals surface area contributed by atoms with E-state index in [9.17, 15) is 44.1 Å². The van der Waals surface area contributed by atoms with E-state index in [1.54, 1.807) is 88.4 Å². The Morgan fingerprint density at radius 3 is 1.66 bits per heavy atom. The number of nitrogens with one attached hydrogen (secondary N) is 3. The summed E-state index contributed by atoms with van der Waals surface area (Å²) >= 11 is 2.00. The first-order valence-corrected chi connectivity index (χ1v) is 16.6. The maximum Gasteiger partial charge on any atom is 0.329 e. The van der Waals surface area contributed by atoms with Crippen molar-refractivity contribution in [3.8, 4) is 0 Å². The third-order valence-electron chi connectivity index (χ3n) is 8.00. The van der Waals surface area contributed by atoms with Crippen LogP contribution in [0.25, 0.3) is 0 Å². The van der Waals surface area contributed by atoms with Crippen molar-refractivity contribution in [2.24, 2.45) is 0 Å². The minimum Gasteiger partial charge on any atom is -0.480 e. The molecule has 4 rings (SSSR count). The van der Waals surface area contributed by atoms with Crippen molar-refractivity contribution in [2.75, 3.05) is 0 Å². The number of hydrogen-bond acceptors (Lipinski definition) is 9. The van der Waals surface area contributed by atoms with Crippen LogP contribution in [0.4, 0.5) is 0 Å². The fourth-order valence-electron chi connectivity index (χ4n) is 5.83. The topological polar surface area (TPSA) is 202 Å². The van der Waals surface area contributed by atoms with Crippen molar-refractivity contribution in [3.05, 3.63) is 71.8 Å². The average Bonchev–Trinajstić information content (AvgIpc) is 3.46. The Kier molecular flexibility index (Phi) is 10.9. The van der Waals surface area contributed by atoms with Crippen molar-refractivity contribution in [1.29, 1.82) is 0 Å². The summed E-state index contributed by atoms with van der Waals surface area (Å²) < 4.78 is -2.18. The van der Waals surface area contributed by atoms with Gasteiger partial charge < -0.3 is 30.9 Å². The molecular formula is C32H38N4O9S2. The number of aliphatic carboxylic acids is 3. The molecule has 2 aromatic carbocycles. The molecule has 0 saturated carbocycles. The third kappa shape index (κ3) is 8.26. The zero-order valence-corrected chi connectivity index (χ0v) is 27.8. The van der Waals surface area contributed by atoms with E-state index < -0.39 is 80.0 Å². The van der Waals surface area contributed by atoms with Crippen molar-refractivity contribution in [2.45, 2.75) is 84.9 Å². The summed E-state index contributed by atoms with van der Waals surface area (Å²) in [5.41, 5.74) is 1.25. The summed E-state index contributed by atoms with van der Waals surface area (Å²) in [7, 11) is 0. The number of rotatable bonds is 12. The number of amides is 3. The molecule has 13 nitrogen and oxygen atoms in total. The average molecular weight is 687 g/mol. The molecule has 2 fully saturated rings. The Hall–Kier alpha value is -4.08. The summed E-state index contributed by atoms with van der Waals surface area (Å²) in [6.07, 6.45) is -0.290. The number of thioether (sulfide) groups is 2. The van der Waals surface area contributed by atoms with Gasteiger partial charge in [0.1, 0.15) is 23.5 Å². The first-order chi connectivity index (χ1) is 22.0. The van der Waals surface area contributed by atoms with Crippen LogP contribution >= 0.6 is 23.5 Å². The van der Waals surface area contributed by atoms with Crippen LogP contribution in [0.3, 0.4) is 0 Å². The number of benzene rings is 2. The summed E-state index contributed by atoms with van der Waals surface area (Å²) in [5, 5.41) is 36.2. The van der Waals surface area contributed by atoms with E-state index in [0.29, 0.717) is 11.1 Å². The lowest BCUT2D eigenvalue weighted by molar-refractivity contribution is -0.155. The fourth-order valence-corrected chi connectivity index (χ4v) is 8.94. The van der Waals surface area contributed by atoms with Gasteiger partial charge in [0.2, 0.25) is 17.7 Å². The van der Waals surface area contributed by atoms with Gasteiger partial charge in [0, 0.05) is 9.49 Å². The van der Waals surface area contributed by atoms with Crippen LogP contribution in [0.5, 0.6) is 0 Å². The highest BCUT2D eigenvalue weighted by Crippen LogP contribution is 2.47. The summed E-state index contributed by atoms with van der Waals surface area (Å²) in [6.45, 7) is 6.43. The zero-order valence-electron chi connectivity index (χ0n) is 26.2. The Morgan fingerprint density at radius 2 is 1.23 bits per heavy atom. The molecule has 6 atom stereocenters. The molecule has 3 amide bonds. The van der Waals surface area contributed by atoms with Crippen molar-refractivity contribution in [1.82, 2.24) is 20.9 Å². The molecule has 6 N–H and O–H groups in total. The number of carbonyl (C=O) groups excluding carboxylic acids is 3. The van der Waals surface area contributed by atoms with E-state index in [0.717, 1.165) is 28.4 Å². The molecule has 0 bridgehead atoms. The maximum absolute atomic E-state index is 14.7. The van der Waals surface area contributed by atoms with Gasteiger partial charge in [-0.25, -0.2) is 9.59 Å². The van der Waals surface area contributed by atoms with E-state index in [4.69, 9.17) is 0 Å². The van der Waals surface area contributed by atoms with Gasteiger partial charge in [0.25, 0.3) is 0 Å². The SMILES string of the molecule is CC1(C)S[C@H](C(NC(=O)Cc2ccccc2)C(=O)N2C(C(=O)O)C(C)(C)S[C@@H]2C(NC(=O)Cc2ccccc2)C(=O)O)NC1C(=O)O. The van der Waals surface area contributed by atoms with Crippen molar-refractivity contribution < 1.29 is 44.1 Å². The molecule has 0 spiro atoms. The van der Waals surface area contributed by atoms with Crippen molar-refractivity contribution in [3.63, 3.8) is 0 Å². The lowest BCUT2D eigenvalue weighted by Crippen LogP contribution is -2.64. The number of carboxylic acids is 3. The smallest absolute Gasteiger partial charge is 0.329 e. The second kappa shape index (κ2) is 14.4. The molecule has 15 heteroatoms. The van der Waals surface area contributed by atoms with Crippen LogP contribution in [-0.2, 0) is 41.6 Å². The molecule has 2 aliphatic heterocycles. The molecule has 4 unspecified atom stereocenters. The van der Waals surface area contributed by atoms with Crippen LogP contribution < -0.4 is 16.0 Å². The lowest BCUT2D eigenvalue weighted by Gasteiger charge is -2.36. The van der Waals surface area contributed by atoms with E-state index in [2.05, 4.69) is 16.0 Å². The highest BCUT2D eigenvalue weighted by molar-refractivity contribution is 8.02. The van der Waals surface area contributed by atoms with Gasteiger partial charge in [-0.2, -0.15) is 0 Å². The predicted molar refractivity (Wildman–Crippen MR) is 176 cm³/mol. The molecule has 2 aliphatic rings. The molecule has 252 valence electrons. The largest absolute Gasteiger partial charge is 0.480 e. The number of carboxylic acid groups (broad SMARTS) is 3. The molecule has 0 aromatic heterocycles. The molecule has 2 saturated heterocycles. The predicted octanol–water partition coefficient (Wildman–Crippen LogP) is 1.55. The van der Waals surface area contributed by atoms with E-state index >= 15 is 0 Å². The number of nitrogens with zero attached hydrogens (tertiary/aromatic N) is 1. The zero-order chi connectivity index (χ0) is 34.7. The van der Waals surface area contributed by atoms with Crippen LogP contribution in [0.2, 0.25) is 0 Å². The van der Waals surface area contributed by atoms with E-state index in [1.165, 1.54) is 0 Å². The quantitative estimate of drug-likeness (QED) is 0.188. The van der Waals surface area contributed by atoms with Gasteiger partial charge in [-0.05, 0) is 38.8 Å². The molecule has 47 heavy (non-hydrogen) atoms. The summed E-state index contributed by atoms with van der Waals surface area (Å²) in [6, 6.07) is 11.4. The first kappa shape index (κ1) is 35.8. The Morgan fingerprint density at radius 1 is 0.745 bits per heavy atom. The summed E-state index contributed by atoms with van der Waals surface area (Å²) in [5.74, 6) is -6.26. The van der Waals surface area contributed by atoms with Gasteiger partial charge in [-0.15, -0.1) is 23.5 Å². The van der Waals surface area contributed by atoms with Crippen LogP contribution in [0.15, 0.2) is 60.7 Å². The molecular weight excluding hydrogens is 649 g/mol. The molecule has 0 aliphatic carbocycles. The molecule has 2 heterocycles. The second-order valence-electron chi connectivity index (χ2n) is 12.4. The van der Waals surface area contributed by atoms with Crippen LogP contribution in [0, 0.1) is 0 Å². The standard InChI is InChI=1S/C32H38N4O9S2/c1-31(2)23(29(42)43)35-25(46-31)21(33-19(37)15-17-11-7-5-8-12-17)26(39)36-24(30(44)45)32(3,4)47-27(36)22(28(40)41)34-20(38)16-18-13-9-6-10-14-18/h5-14,21-25,27,35H,15-16H2,1-4H3,(H,33,37)(H,34,38)(H,40,41)(H,42,43)(H,44,45)/t21?,22?,23?,24?,25-,27-/m1/s1. The lowest BCUT2D eigenvalue weighted by atomic mass is 9.99. The maximum atomic E-state index is 14.7. The Bertz CT molecular complexity index is 1520. The fraction of sp³-hybridized carbons (Fsp3) is 0.438. The van der Waals surface area contributed by atoms with Gasteiger partial charge in [-0.1, -0.05) is 60.7 Å². The van der Waals surface area contributed by atoms with E-state index in [1.807, 2.05) is 0 Å². The van der Waals surface area contributed by atoms with Gasteiger partial charge in [0.15, 0.2) is 6.04 Å². The number of carbonyl (C=O) groups is 6. The second-order valence-corrected chi connectivity index (χ2v) is 16.0. The minimum absolute atomic E-state index is 0.132. The van der Waals surface area contributed by atoms with Crippen LogP contribution in [-0.4, -0.2) is 100 Å². The summed E-state index contributed by atoms with van der Waals surface area (Å²) in [4.78, 5) is 79.5. The molecule has 0 radical (unpaired) electrons. The minimum atomic E-state index is -1.73.